The Labute approximate surface area is 154 Å². The standard InChI is InChI=1S/C17H23N5.HI/c1-18-17(20-12-16-19-9-10-22(16)2)21-15-8-7-13-5-3-4-6-14(13)11-15;/h3-6,9-10,15H,7-8,11-12H2,1-2H3,(H2,18,20,21);1H. The highest BCUT2D eigenvalue weighted by Gasteiger charge is 2.19. The van der Waals surface area contributed by atoms with Gasteiger partial charge in [-0.25, -0.2) is 4.98 Å². The van der Waals surface area contributed by atoms with Crippen LogP contribution in [0.5, 0.6) is 0 Å². The molecule has 5 nitrogen and oxygen atoms in total. The van der Waals surface area contributed by atoms with E-state index in [0.717, 1.165) is 31.0 Å². The quantitative estimate of drug-likeness (QED) is 0.451. The summed E-state index contributed by atoms with van der Waals surface area (Å²) in [5, 5.41) is 6.87. The molecule has 0 saturated heterocycles. The van der Waals surface area contributed by atoms with Gasteiger partial charge >= 0.3 is 0 Å². The molecular formula is C17H24IN5. The second-order valence-electron chi connectivity index (χ2n) is 5.73. The predicted octanol–water partition coefficient (Wildman–Crippen LogP) is 2.26. The van der Waals surface area contributed by atoms with Crippen molar-refractivity contribution in [1.82, 2.24) is 20.2 Å². The smallest absolute Gasteiger partial charge is 0.191 e. The first kappa shape index (κ1) is 17.8. The highest BCUT2D eigenvalue weighted by molar-refractivity contribution is 14.0. The fourth-order valence-corrected chi connectivity index (χ4v) is 2.94. The molecule has 0 fully saturated rings. The van der Waals surface area contributed by atoms with E-state index in [1.807, 2.05) is 31.1 Å². The third-order valence-electron chi connectivity index (χ3n) is 4.25. The van der Waals surface area contributed by atoms with Crippen LogP contribution in [-0.4, -0.2) is 28.6 Å². The first-order valence-electron chi connectivity index (χ1n) is 7.76. The minimum Gasteiger partial charge on any atom is -0.353 e. The number of nitrogens with one attached hydrogen (secondary N) is 2. The number of hydrogen-bond acceptors (Lipinski definition) is 2. The Bertz CT molecular complexity index is 665. The lowest BCUT2D eigenvalue weighted by molar-refractivity contribution is 0.519. The molecule has 0 saturated carbocycles. The molecule has 1 aliphatic rings. The van der Waals surface area contributed by atoms with E-state index >= 15 is 0 Å². The summed E-state index contributed by atoms with van der Waals surface area (Å²) in [5.41, 5.74) is 2.93. The summed E-state index contributed by atoms with van der Waals surface area (Å²) in [7, 11) is 3.81. The highest BCUT2D eigenvalue weighted by Crippen LogP contribution is 2.20. The van der Waals surface area contributed by atoms with Crippen molar-refractivity contribution >= 4 is 29.9 Å². The Morgan fingerprint density at radius 2 is 2.13 bits per heavy atom. The van der Waals surface area contributed by atoms with Crippen molar-refractivity contribution in [3.8, 4) is 0 Å². The van der Waals surface area contributed by atoms with Crippen molar-refractivity contribution in [3.63, 3.8) is 0 Å². The van der Waals surface area contributed by atoms with Crippen LogP contribution in [0.2, 0.25) is 0 Å². The number of rotatable bonds is 3. The first-order chi connectivity index (χ1) is 10.8. The fourth-order valence-electron chi connectivity index (χ4n) is 2.94. The van der Waals surface area contributed by atoms with Gasteiger partial charge in [0, 0.05) is 32.5 Å². The summed E-state index contributed by atoms with van der Waals surface area (Å²) in [6.45, 7) is 0.673. The predicted molar refractivity (Wildman–Crippen MR) is 104 cm³/mol. The molecule has 1 aromatic heterocycles. The molecule has 1 aromatic carbocycles. The minimum atomic E-state index is 0. The van der Waals surface area contributed by atoms with Gasteiger partial charge in [-0.2, -0.15) is 0 Å². The Morgan fingerprint density at radius 1 is 1.35 bits per heavy atom. The molecule has 6 heteroatoms. The van der Waals surface area contributed by atoms with E-state index in [2.05, 4.69) is 44.9 Å². The van der Waals surface area contributed by atoms with Crippen LogP contribution in [0.4, 0.5) is 0 Å². The normalized spacial score (nSPS) is 17.1. The molecule has 0 aliphatic heterocycles. The van der Waals surface area contributed by atoms with Crippen LogP contribution in [0, 0.1) is 0 Å². The summed E-state index contributed by atoms with van der Waals surface area (Å²) in [4.78, 5) is 8.64. The Kier molecular flexibility index (Phi) is 6.44. The minimum absolute atomic E-state index is 0. The number of aryl methyl sites for hydroxylation is 2. The molecular weight excluding hydrogens is 401 g/mol. The lowest BCUT2D eigenvalue weighted by Gasteiger charge is -2.27. The topological polar surface area (TPSA) is 54.2 Å². The molecule has 0 spiro atoms. The van der Waals surface area contributed by atoms with E-state index in [1.54, 1.807) is 0 Å². The van der Waals surface area contributed by atoms with E-state index in [4.69, 9.17) is 0 Å². The Morgan fingerprint density at radius 3 is 2.83 bits per heavy atom. The van der Waals surface area contributed by atoms with Gasteiger partial charge in [0.15, 0.2) is 5.96 Å². The van der Waals surface area contributed by atoms with Crippen molar-refractivity contribution in [3.05, 3.63) is 53.6 Å². The number of halogens is 1. The largest absolute Gasteiger partial charge is 0.353 e. The summed E-state index contributed by atoms with van der Waals surface area (Å²) in [5.74, 6) is 1.84. The van der Waals surface area contributed by atoms with Crippen LogP contribution in [-0.2, 0) is 26.4 Å². The van der Waals surface area contributed by atoms with E-state index in [-0.39, 0.29) is 24.0 Å². The number of guanidine groups is 1. The van der Waals surface area contributed by atoms with Gasteiger partial charge in [-0.1, -0.05) is 24.3 Å². The van der Waals surface area contributed by atoms with E-state index in [9.17, 15) is 0 Å². The Balaban J connectivity index is 0.00000192. The van der Waals surface area contributed by atoms with Crippen LogP contribution in [0.3, 0.4) is 0 Å². The maximum Gasteiger partial charge on any atom is 0.191 e. The lowest BCUT2D eigenvalue weighted by atomic mass is 9.88. The zero-order valence-corrected chi connectivity index (χ0v) is 16.0. The third kappa shape index (κ3) is 4.46. The third-order valence-corrected chi connectivity index (χ3v) is 4.25. The van der Waals surface area contributed by atoms with Gasteiger partial charge < -0.3 is 15.2 Å². The summed E-state index contributed by atoms with van der Waals surface area (Å²) < 4.78 is 2.01. The van der Waals surface area contributed by atoms with Crippen LogP contribution < -0.4 is 10.6 Å². The maximum atomic E-state index is 4.32. The van der Waals surface area contributed by atoms with Gasteiger partial charge in [0.2, 0.25) is 0 Å². The van der Waals surface area contributed by atoms with Gasteiger partial charge in [-0.05, 0) is 30.4 Å². The molecule has 1 atom stereocenters. The number of imidazole rings is 1. The van der Waals surface area contributed by atoms with Crippen LogP contribution >= 0.6 is 24.0 Å². The zero-order chi connectivity index (χ0) is 15.4. The second-order valence-corrected chi connectivity index (χ2v) is 5.73. The number of aromatic nitrogens is 2. The molecule has 23 heavy (non-hydrogen) atoms. The average Bonchev–Trinajstić information content (AvgIpc) is 2.96. The van der Waals surface area contributed by atoms with Crippen molar-refractivity contribution in [2.24, 2.45) is 12.0 Å². The molecule has 2 aromatic rings. The number of benzene rings is 1. The molecule has 0 amide bonds. The van der Waals surface area contributed by atoms with Gasteiger partial charge in [-0.15, -0.1) is 24.0 Å². The van der Waals surface area contributed by atoms with Crippen LogP contribution in [0.25, 0.3) is 0 Å². The second kappa shape index (κ2) is 8.33. The number of hydrogen-bond donors (Lipinski definition) is 2. The van der Waals surface area contributed by atoms with Crippen molar-refractivity contribution in [2.45, 2.75) is 31.8 Å². The van der Waals surface area contributed by atoms with Crippen molar-refractivity contribution in [1.29, 1.82) is 0 Å². The van der Waals surface area contributed by atoms with Crippen LogP contribution in [0.15, 0.2) is 41.7 Å². The molecule has 0 radical (unpaired) electrons. The Hall–Kier alpha value is -1.57. The molecule has 1 heterocycles. The molecule has 1 aliphatic carbocycles. The number of nitrogens with zero attached hydrogens (tertiary/aromatic N) is 3. The zero-order valence-electron chi connectivity index (χ0n) is 13.6. The van der Waals surface area contributed by atoms with Gasteiger partial charge in [0.1, 0.15) is 5.82 Å². The van der Waals surface area contributed by atoms with E-state index in [1.165, 1.54) is 11.1 Å². The maximum absolute atomic E-state index is 4.32. The molecule has 2 N–H and O–H groups in total. The molecule has 124 valence electrons. The summed E-state index contributed by atoms with van der Waals surface area (Å²) in [6, 6.07) is 9.14. The fraction of sp³-hybridized carbons (Fsp3) is 0.412. The molecule has 3 rings (SSSR count). The first-order valence-corrected chi connectivity index (χ1v) is 7.76. The molecule has 0 bridgehead atoms. The summed E-state index contributed by atoms with van der Waals surface area (Å²) >= 11 is 0. The van der Waals surface area contributed by atoms with Gasteiger partial charge in [0.25, 0.3) is 0 Å². The van der Waals surface area contributed by atoms with E-state index in [0.29, 0.717) is 12.6 Å². The van der Waals surface area contributed by atoms with E-state index < -0.39 is 0 Å². The van der Waals surface area contributed by atoms with Gasteiger partial charge in [0.05, 0.1) is 6.54 Å². The van der Waals surface area contributed by atoms with Crippen molar-refractivity contribution < 1.29 is 0 Å². The van der Waals surface area contributed by atoms with Crippen LogP contribution in [0.1, 0.15) is 23.4 Å². The summed E-state index contributed by atoms with van der Waals surface area (Å²) in [6.07, 6.45) is 7.08. The van der Waals surface area contributed by atoms with Crippen molar-refractivity contribution in [2.75, 3.05) is 7.05 Å². The number of fused-ring (bicyclic) bond motifs is 1. The van der Waals surface area contributed by atoms with Gasteiger partial charge in [-0.3, -0.25) is 4.99 Å². The monoisotopic (exact) mass is 425 g/mol. The average molecular weight is 425 g/mol. The number of aliphatic imine (C=N–C) groups is 1. The SMILES string of the molecule is CN=C(NCc1nccn1C)NC1CCc2ccccc2C1.I. The molecule has 1 unspecified atom stereocenters. The lowest BCUT2D eigenvalue weighted by Crippen LogP contribution is -2.45. The highest BCUT2D eigenvalue weighted by atomic mass is 127.